The number of anilines is 1. The van der Waals surface area contributed by atoms with Crippen molar-refractivity contribution in [2.75, 3.05) is 11.4 Å². The first-order chi connectivity index (χ1) is 14.5. The fourth-order valence-corrected chi connectivity index (χ4v) is 3.95. The molecule has 0 radical (unpaired) electrons. The third kappa shape index (κ3) is 4.86. The molecule has 3 aromatic rings. The van der Waals surface area contributed by atoms with Gasteiger partial charge in [-0.05, 0) is 43.0 Å². The molecule has 30 heavy (non-hydrogen) atoms. The lowest BCUT2D eigenvalue weighted by Gasteiger charge is -2.22. The van der Waals surface area contributed by atoms with Gasteiger partial charge in [-0.1, -0.05) is 17.7 Å². The van der Waals surface area contributed by atoms with Crippen LogP contribution in [0.2, 0.25) is 5.02 Å². The summed E-state index contributed by atoms with van der Waals surface area (Å²) in [7, 11) is 0. The summed E-state index contributed by atoms with van der Waals surface area (Å²) in [5, 5.41) is 3.36. The predicted molar refractivity (Wildman–Crippen MR) is 119 cm³/mol. The van der Waals surface area contributed by atoms with Gasteiger partial charge in [-0.2, -0.15) is 0 Å². The first-order valence-corrected chi connectivity index (χ1v) is 11.0. The number of hydrogen-bond acceptors (Lipinski definition) is 5. The molecule has 1 aliphatic rings. The minimum absolute atomic E-state index is 0.0108. The smallest absolute Gasteiger partial charge is 0.253 e. The summed E-state index contributed by atoms with van der Waals surface area (Å²) in [6.07, 6.45) is 5.60. The van der Waals surface area contributed by atoms with Crippen molar-refractivity contribution in [3.8, 4) is 11.3 Å². The maximum Gasteiger partial charge on any atom is 0.253 e. The lowest BCUT2D eigenvalue weighted by Crippen LogP contribution is -2.30. The highest BCUT2D eigenvalue weighted by Gasteiger charge is 2.27. The van der Waals surface area contributed by atoms with Gasteiger partial charge in [0.15, 0.2) is 0 Å². The maximum atomic E-state index is 12.3. The first kappa shape index (κ1) is 20.5. The molecule has 1 N–H and O–H groups in total. The zero-order valence-electron chi connectivity index (χ0n) is 16.5. The molecule has 154 valence electrons. The Morgan fingerprint density at radius 3 is 2.67 bits per heavy atom. The maximum absolute atomic E-state index is 12.3. The van der Waals surface area contributed by atoms with E-state index in [-0.39, 0.29) is 11.8 Å². The van der Waals surface area contributed by atoms with Gasteiger partial charge >= 0.3 is 0 Å². The second-order valence-electron chi connectivity index (χ2n) is 7.32. The SMILES string of the molecule is CC(=O)N(CC1CC1)c1ccc(-c2ccc(C(=O)NCc3cncs3)cn2)cc1Cl. The third-order valence-electron chi connectivity index (χ3n) is 4.98. The number of halogens is 1. The minimum atomic E-state index is -0.187. The number of nitrogens with one attached hydrogen (secondary N) is 1. The Morgan fingerprint density at radius 1 is 1.23 bits per heavy atom. The van der Waals surface area contributed by atoms with E-state index in [0.717, 1.165) is 29.0 Å². The van der Waals surface area contributed by atoms with Crippen molar-refractivity contribution in [1.29, 1.82) is 0 Å². The quantitative estimate of drug-likeness (QED) is 0.584. The van der Waals surface area contributed by atoms with E-state index in [1.165, 1.54) is 11.3 Å². The average molecular weight is 441 g/mol. The lowest BCUT2D eigenvalue weighted by atomic mass is 10.1. The Morgan fingerprint density at radius 2 is 2.07 bits per heavy atom. The van der Waals surface area contributed by atoms with Crippen molar-refractivity contribution in [2.45, 2.75) is 26.3 Å². The van der Waals surface area contributed by atoms with Crippen molar-refractivity contribution in [1.82, 2.24) is 15.3 Å². The van der Waals surface area contributed by atoms with Crippen molar-refractivity contribution in [3.63, 3.8) is 0 Å². The Bertz CT molecular complexity index is 1050. The molecular weight excluding hydrogens is 420 g/mol. The van der Waals surface area contributed by atoms with Crippen LogP contribution in [0.15, 0.2) is 48.2 Å². The number of pyridine rings is 1. The van der Waals surface area contributed by atoms with Crippen LogP contribution < -0.4 is 10.2 Å². The Labute approximate surface area is 183 Å². The molecule has 0 atom stereocenters. The second-order valence-corrected chi connectivity index (χ2v) is 8.70. The topological polar surface area (TPSA) is 75.2 Å². The molecule has 0 spiro atoms. The van der Waals surface area contributed by atoms with E-state index >= 15 is 0 Å². The summed E-state index contributed by atoms with van der Waals surface area (Å²) in [6.45, 7) is 2.71. The minimum Gasteiger partial charge on any atom is -0.347 e. The van der Waals surface area contributed by atoms with Gasteiger partial charge in [0.1, 0.15) is 0 Å². The zero-order chi connectivity index (χ0) is 21.1. The molecule has 0 saturated heterocycles. The summed E-state index contributed by atoms with van der Waals surface area (Å²) in [5.41, 5.74) is 4.47. The summed E-state index contributed by atoms with van der Waals surface area (Å²) in [5.74, 6) is 0.373. The monoisotopic (exact) mass is 440 g/mol. The zero-order valence-corrected chi connectivity index (χ0v) is 18.0. The molecule has 1 aromatic carbocycles. The fourth-order valence-electron chi connectivity index (χ4n) is 3.14. The predicted octanol–water partition coefficient (Wildman–Crippen LogP) is 4.55. The number of aromatic nitrogens is 2. The lowest BCUT2D eigenvalue weighted by molar-refractivity contribution is -0.116. The van der Waals surface area contributed by atoms with E-state index in [0.29, 0.717) is 35.3 Å². The van der Waals surface area contributed by atoms with Crippen LogP contribution in [0, 0.1) is 5.92 Å². The van der Waals surface area contributed by atoms with Crippen molar-refractivity contribution >= 4 is 40.4 Å². The molecule has 1 fully saturated rings. The van der Waals surface area contributed by atoms with Crippen LogP contribution in [0.3, 0.4) is 0 Å². The highest BCUT2D eigenvalue weighted by molar-refractivity contribution is 7.09. The molecule has 6 nitrogen and oxygen atoms in total. The number of benzene rings is 1. The molecule has 2 aromatic heterocycles. The largest absolute Gasteiger partial charge is 0.347 e. The summed E-state index contributed by atoms with van der Waals surface area (Å²) < 4.78 is 0. The molecule has 0 aliphatic heterocycles. The Hall–Kier alpha value is -2.77. The molecule has 1 saturated carbocycles. The number of nitrogens with zero attached hydrogens (tertiary/aromatic N) is 3. The summed E-state index contributed by atoms with van der Waals surface area (Å²) >= 11 is 8.00. The van der Waals surface area contributed by atoms with E-state index in [4.69, 9.17) is 11.6 Å². The molecule has 4 rings (SSSR count). The Kier molecular flexibility index (Phi) is 6.11. The van der Waals surface area contributed by atoms with Gasteiger partial charge in [0, 0.05) is 36.3 Å². The van der Waals surface area contributed by atoms with Crippen LogP contribution in [0.25, 0.3) is 11.3 Å². The summed E-state index contributed by atoms with van der Waals surface area (Å²) in [6, 6.07) is 9.10. The average Bonchev–Trinajstić information content (AvgIpc) is 3.42. The second kappa shape index (κ2) is 8.93. The highest BCUT2D eigenvalue weighted by Crippen LogP contribution is 2.35. The van der Waals surface area contributed by atoms with E-state index in [1.807, 2.05) is 18.2 Å². The van der Waals surface area contributed by atoms with Gasteiger partial charge < -0.3 is 10.2 Å². The summed E-state index contributed by atoms with van der Waals surface area (Å²) in [4.78, 5) is 35.5. The molecule has 8 heteroatoms. The highest BCUT2D eigenvalue weighted by atomic mass is 35.5. The van der Waals surface area contributed by atoms with Gasteiger partial charge in [0.25, 0.3) is 5.91 Å². The van der Waals surface area contributed by atoms with Crippen molar-refractivity contribution in [2.24, 2.45) is 5.92 Å². The van der Waals surface area contributed by atoms with Crippen LogP contribution in [0.1, 0.15) is 35.0 Å². The number of amides is 2. The molecule has 2 amide bonds. The van der Waals surface area contributed by atoms with E-state index in [9.17, 15) is 9.59 Å². The number of thiazole rings is 1. The van der Waals surface area contributed by atoms with Crippen LogP contribution in [0.5, 0.6) is 0 Å². The van der Waals surface area contributed by atoms with Crippen LogP contribution in [0.4, 0.5) is 5.69 Å². The third-order valence-corrected chi connectivity index (χ3v) is 6.07. The van der Waals surface area contributed by atoms with E-state index in [2.05, 4.69) is 15.3 Å². The van der Waals surface area contributed by atoms with E-state index < -0.39 is 0 Å². The van der Waals surface area contributed by atoms with Gasteiger partial charge in [-0.3, -0.25) is 19.6 Å². The molecule has 2 heterocycles. The standard InChI is InChI=1S/C22H21ClN4O2S/c1-14(28)27(12-15-2-3-15)21-7-5-16(8-19(21)23)20-6-4-17(9-25-20)22(29)26-11-18-10-24-13-30-18/h4-10,13,15H,2-3,11-12H2,1H3,(H,26,29). The fraction of sp³-hybridized carbons (Fsp3) is 0.273. The number of carbonyl (C=O) groups is 2. The van der Waals surface area contributed by atoms with Gasteiger partial charge in [-0.15, -0.1) is 11.3 Å². The number of carbonyl (C=O) groups excluding carboxylic acids is 2. The van der Waals surface area contributed by atoms with Gasteiger partial charge in [-0.25, -0.2) is 0 Å². The van der Waals surface area contributed by atoms with Crippen molar-refractivity contribution < 1.29 is 9.59 Å². The van der Waals surface area contributed by atoms with Crippen LogP contribution >= 0.6 is 22.9 Å². The van der Waals surface area contributed by atoms with Gasteiger partial charge in [0.05, 0.1) is 34.0 Å². The molecular formula is C22H21ClN4O2S. The normalized spacial score (nSPS) is 13.1. The van der Waals surface area contributed by atoms with Gasteiger partial charge in [0.2, 0.25) is 5.91 Å². The number of rotatable bonds is 7. The van der Waals surface area contributed by atoms with Crippen molar-refractivity contribution in [3.05, 3.63) is 63.7 Å². The van der Waals surface area contributed by atoms with E-state index in [1.54, 1.807) is 41.9 Å². The van der Waals surface area contributed by atoms with Crippen LogP contribution in [-0.2, 0) is 11.3 Å². The Balaban J connectivity index is 1.46. The number of hydrogen-bond donors (Lipinski definition) is 1. The first-order valence-electron chi connectivity index (χ1n) is 9.71. The molecule has 0 unspecified atom stereocenters. The molecule has 0 bridgehead atoms. The molecule has 1 aliphatic carbocycles. The van der Waals surface area contributed by atoms with Crippen LogP contribution in [-0.4, -0.2) is 28.3 Å².